The Labute approximate surface area is 117 Å². The Morgan fingerprint density at radius 1 is 1.21 bits per heavy atom. The minimum absolute atomic E-state index is 0.275. The van der Waals surface area contributed by atoms with Gasteiger partial charge in [0, 0.05) is 5.57 Å². The molecular formula is C16H24O2Si. The van der Waals surface area contributed by atoms with E-state index in [0.29, 0.717) is 12.2 Å². The van der Waals surface area contributed by atoms with E-state index in [-0.39, 0.29) is 5.97 Å². The molecule has 3 heteroatoms. The largest absolute Gasteiger partial charge is 0.463 e. The molecule has 0 aliphatic carbocycles. The third-order valence-corrected chi connectivity index (χ3v) is 9.33. The van der Waals surface area contributed by atoms with Gasteiger partial charge in [-0.1, -0.05) is 68.0 Å². The molecule has 0 amide bonds. The van der Waals surface area contributed by atoms with E-state index in [1.54, 1.807) is 6.92 Å². The third-order valence-electron chi connectivity index (χ3n) is 3.90. The summed E-state index contributed by atoms with van der Waals surface area (Å²) < 4.78 is 5.28. The van der Waals surface area contributed by atoms with E-state index >= 15 is 0 Å². The first kappa shape index (κ1) is 15.7. The van der Waals surface area contributed by atoms with Crippen LogP contribution >= 0.6 is 0 Å². The molecule has 0 aliphatic heterocycles. The monoisotopic (exact) mass is 276 g/mol. The molecule has 19 heavy (non-hydrogen) atoms. The van der Waals surface area contributed by atoms with E-state index in [1.165, 1.54) is 17.3 Å². The summed E-state index contributed by atoms with van der Waals surface area (Å²) in [5.41, 5.74) is 0.472. The second-order valence-corrected chi connectivity index (χ2v) is 10.1. The maximum Gasteiger partial charge on any atom is 0.333 e. The van der Waals surface area contributed by atoms with Crippen LogP contribution < -0.4 is 5.19 Å². The maximum atomic E-state index is 11.4. The van der Waals surface area contributed by atoms with Gasteiger partial charge in [-0.2, -0.15) is 0 Å². The van der Waals surface area contributed by atoms with Crippen molar-refractivity contribution in [2.24, 2.45) is 0 Å². The lowest BCUT2D eigenvalue weighted by Crippen LogP contribution is -2.47. The van der Waals surface area contributed by atoms with Crippen molar-refractivity contribution in [2.75, 3.05) is 6.61 Å². The summed E-state index contributed by atoms with van der Waals surface area (Å²) in [6, 6.07) is 14.0. The minimum Gasteiger partial charge on any atom is -0.463 e. The smallest absolute Gasteiger partial charge is 0.333 e. The molecule has 0 atom stereocenters. The van der Waals surface area contributed by atoms with Crippen molar-refractivity contribution in [2.45, 2.75) is 38.9 Å². The Balaban J connectivity index is 2.73. The predicted octanol–water partition coefficient (Wildman–Crippen LogP) is 3.50. The number of benzene rings is 1. The van der Waals surface area contributed by atoms with Crippen LogP contribution in [0.5, 0.6) is 0 Å². The second-order valence-electron chi connectivity index (χ2n) is 5.02. The molecule has 104 valence electrons. The van der Waals surface area contributed by atoms with Crippen LogP contribution in [0.4, 0.5) is 0 Å². The van der Waals surface area contributed by atoms with Gasteiger partial charge in [0.05, 0.1) is 14.7 Å². The summed E-state index contributed by atoms with van der Waals surface area (Å²) in [7, 11) is -1.53. The quantitative estimate of drug-likeness (QED) is 0.433. The highest BCUT2D eigenvalue weighted by atomic mass is 28.3. The highest BCUT2D eigenvalue weighted by Crippen LogP contribution is 2.20. The van der Waals surface area contributed by atoms with Gasteiger partial charge >= 0.3 is 5.97 Å². The van der Waals surface area contributed by atoms with E-state index in [1.807, 2.05) is 0 Å². The van der Waals surface area contributed by atoms with E-state index in [4.69, 9.17) is 4.74 Å². The van der Waals surface area contributed by atoms with Crippen LogP contribution in [0.25, 0.3) is 0 Å². The fraction of sp³-hybridized carbons (Fsp3) is 0.438. The van der Waals surface area contributed by atoms with E-state index in [2.05, 4.69) is 50.8 Å². The summed E-state index contributed by atoms with van der Waals surface area (Å²) in [5, 5.41) is 1.46. The van der Waals surface area contributed by atoms with Crippen LogP contribution in [0.1, 0.15) is 20.8 Å². The first-order valence-electron chi connectivity index (χ1n) is 6.94. The molecule has 1 rings (SSSR count). The number of hydrogen-bond acceptors (Lipinski definition) is 2. The van der Waals surface area contributed by atoms with Crippen molar-refractivity contribution < 1.29 is 9.53 Å². The molecule has 0 saturated heterocycles. The zero-order valence-corrected chi connectivity index (χ0v) is 13.2. The van der Waals surface area contributed by atoms with Crippen molar-refractivity contribution in [3.63, 3.8) is 0 Å². The predicted molar refractivity (Wildman–Crippen MR) is 83.4 cm³/mol. The SMILES string of the molecule is C=C(C)C(=O)OCC[Si](CC)(CC)c1ccccc1. The molecule has 0 aliphatic rings. The molecule has 1 aromatic carbocycles. The van der Waals surface area contributed by atoms with E-state index in [9.17, 15) is 4.79 Å². The van der Waals surface area contributed by atoms with Crippen molar-refractivity contribution in [1.82, 2.24) is 0 Å². The van der Waals surface area contributed by atoms with Crippen LogP contribution in [0.15, 0.2) is 42.5 Å². The molecule has 1 aromatic rings. The molecule has 0 saturated carbocycles. The van der Waals surface area contributed by atoms with Crippen LogP contribution in [-0.2, 0) is 9.53 Å². The van der Waals surface area contributed by atoms with Gasteiger partial charge in [-0.25, -0.2) is 4.79 Å². The zero-order valence-electron chi connectivity index (χ0n) is 12.2. The fourth-order valence-corrected chi connectivity index (χ4v) is 6.11. The molecule has 0 radical (unpaired) electrons. The van der Waals surface area contributed by atoms with Gasteiger partial charge in [0.2, 0.25) is 0 Å². The number of hydrogen-bond donors (Lipinski definition) is 0. The summed E-state index contributed by atoms with van der Waals surface area (Å²) in [4.78, 5) is 11.4. The minimum atomic E-state index is -1.53. The maximum absolute atomic E-state index is 11.4. The molecule has 0 heterocycles. The molecule has 0 unspecified atom stereocenters. The Morgan fingerprint density at radius 2 is 1.79 bits per heavy atom. The van der Waals surface area contributed by atoms with Crippen molar-refractivity contribution in [3.8, 4) is 0 Å². The average Bonchev–Trinajstić information content (AvgIpc) is 2.44. The zero-order chi connectivity index (χ0) is 14.3. The molecular weight excluding hydrogens is 252 g/mol. The average molecular weight is 276 g/mol. The fourth-order valence-electron chi connectivity index (χ4n) is 2.41. The summed E-state index contributed by atoms with van der Waals surface area (Å²) in [6.07, 6.45) is 0. The molecule has 0 fully saturated rings. The molecule has 0 spiro atoms. The van der Waals surface area contributed by atoms with Crippen molar-refractivity contribution in [1.29, 1.82) is 0 Å². The Kier molecular flexibility index (Phi) is 6.02. The van der Waals surface area contributed by atoms with E-state index < -0.39 is 8.07 Å². The summed E-state index contributed by atoms with van der Waals surface area (Å²) >= 11 is 0. The normalized spacial score (nSPS) is 11.1. The van der Waals surface area contributed by atoms with Crippen molar-refractivity contribution in [3.05, 3.63) is 42.5 Å². The Hall–Kier alpha value is -1.35. The third kappa shape index (κ3) is 4.06. The lowest BCUT2D eigenvalue weighted by atomic mass is 10.4. The number of carbonyl (C=O) groups is 1. The number of rotatable bonds is 7. The number of esters is 1. The van der Waals surface area contributed by atoms with Crippen LogP contribution in [0, 0.1) is 0 Å². The second kappa shape index (κ2) is 7.29. The van der Waals surface area contributed by atoms with Gasteiger partial charge in [-0.3, -0.25) is 0 Å². The van der Waals surface area contributed by atoms with Crippen LogP contribution in [-0.4, -0.2) is 20.7 Å². The van der Waals surface area contributed by atoms with Crippen LogP contribution in [0.2, 0.25) is 18.1 Å². The first-order valence-corrected chi connectivity index (χ1v) is 9.56. The Morgan fingerprint density at radius 3 is 2.26 bits per heavy atom. The van der Waals surface area contributed by atoms with Gasteiger partial charge in [-0.15, -0.1) is 0 Å². The molecule has 0 aromatic heterocycles. The van der Waals surface area contributed by atoms with Gasteiger partial charge in [0.15, 0.2) is 0 Å². The standard InChI is InChI=1S/C16H24O2Si/c1-5-19(6-2,15-10-8-7-9-11-15)13-12-18-16(17)14(3)4/h7-11H,3,5-6,12-13H2,1-2,4H3. The van der Waals surface area contributed by atoms with Gasteiger partial charge in [-0.05, 0) is 13.0 Å². The van der Waals surface area contributed by atoms with Crippen LogP contribution in [0.3, 0.4) is 0 Å². The summed E-state index contributed by atoms with van der Waals surface area (Å²) in [5.74, 6) is -0.275. The topological polar surface area (TPSA) is 26.3 Å². The molecule has 0 bridgehead atoms. The lowest BCUT2D eigenvalue weighted by Gasteiger charge is -2.29. The van der Waals surface area contributed by atoms with Gasteiger partial charge < -0.3 is 4.74 Å². The molecule has 2 nitrogen and oxygen atoms in total. The first-order chi connectivity index (χ1) is 9.05. The molecule has 0 N–H and O–H groups in total. The van der Waals surface area contributed by atoms with Crippen molar-refractivity contribution >= 4 is 19.2 Å². The highest BCUT2D eigenvalue weighted by molar-refractivity contribution is 6.91. The van der Waals surface area contributed by atoms with Gasteiger partial charge in [0.25, 0.3) is 0 Å². The number of ether oxygens (including phenoxy) is 1. The lowest BCUT2D eigenvalue weighted by molar-refractivity contribution is -0.138. The van der Waals surface area contributed by atoms with Gasteiger partial charge in [0.1, 0.15) is 0 Å². The highest BCUT2D eigenvalue weighted by Gasteiger charge is 2.31. The van der Waals surface area contributed by atoms with E-state index in [0.717, 1.165) is 6.04 Å². The summed E-state index contributed by atoms with van der Waals surface area (Å²) in [6.45, 7) is 10.3. The number of carbonyl (C=O) groups excluding carboxylic acids is 1. The Bertz CT molecular complexity index is 422.